The van der Waals surface area contributed by atoms with E-state index in [-0.39, 0.29) is 49.9 Å². The Kier molecular flexibility index (Phi) is 21.9. The third kappa shape index (κ3) is 14.2. The lowest BCUT2D eigenvalue weighted by atomic mass is 9.55. The van der Waals surface area contributed by atoms with Crippen molar-refractivity contribution in [1.82, 2.24) is 10.2 Å². The average Bonchev–Trinajstić information content (AvgIpc) is 3.37. The monoisotopic (exact) mass is 953 g/mol. The Labute approximate surface area is 411 Å². The van der Waals surface area contributed by atoms with E-state index in [4.69, 9.17) is 28.9 Å². The van der Waals surface area contributed by atoms with Gasteiger partial charge in [-0.15, -0.1) is 6.58 Å². The predicted molar refractivity (Wildman–Crippen MR) is 268 cm³/mol. The minimum Gasteiger partial charge on any atom is -0.459 e. The molecule has 2 aliphatic carbocycles. The summed E-state index contributed by atoms with van der Waals surface area (Å²) in [6, 6.07) is 13.7. The van der Waals surface area contributed by atoms with Gasteiger partial charge in [0.2, 0.25) is 12.1 Å². The normalized spacial score (nSPS) is 24.2. The van der Waals surface area contributed by atoms with Crippen molar-refractivity contribution in [2.24, 2.45) is 22.9 Å². The first-order valence-electron chi connectivity index (χ1n) is 26.4. The molecule has 1 saturated heterocycles. The van der Waals surface area contributed by atoms with E-state index < -0.39 is 30.1 Å². The summed E-state index contributed by atoms with van der Waals surface area (Å²) in [6.45, 7) is 10.1. The summed E-state index contributed by atoms with van der Waals surface area (Å²) in [5.74, 6) is -1.51. The maximum Gasteiger partial charge on any atom is 0.412 e. The number of hydrogen-bond donors (Lipinski definition) is 3. The van der Waals surface area contributed by atoms with Crippen LogP contribution >= 0.6 is 0 Å². The maximum atomic E-state index is 15.0. The Bertz CT molecular complexity index is 2030. The number of oxime groups is 1. The number of nitrogens with zero attached hydrogens (tertiary/aromatic N) is 3. The lowest BCUT2D eigenvalue weighted by Crippen LogP contribution is -2.70. The number of amides is 2. The molecule has 0 aromatic heterocycles. The quantitative estimate of drug-likeness (QED) is 0.0405. The fourth-order valence-electron chi connectivity index (χ4n) is 11.1. The van der Waals surface area contributed by atoms with Crippen LogP contribution in [0.5, 0.6) is 11.5 Å². The number of nitrogens with one attached hydrogen (secondary N) is 1. The lowest BCUT2D eigenvalue weighted by Gasteiger charge is -2.60. The van der Waals surface area contributed by atoms with Crippen molar-refractivity contribution in [3.63, 3.8) is 0 Å². The Balaban J connectivity index is 1.41. The second kappa shape index (κ2) is 28.2. The molecule has 7 atom stereocenters. The molecule has 2 amide bonds. The molecule has 1 saturated carbocycles. The molecule has 6 rings (SSSR count). The number of hydrogen-bond acceptors (Lipinski definition) is 11. The van der Waals surface area contributed by atoms with Crippen LogP contribution in [0.15, 0.2) is 71.9 Å². The fourth-order valence-corrected chi connectivity index (χ4v) is 11.1. The van der Waals surface area contributed by atoms with Gasteiger partial charge >= 0.3 is 6.09 Å². The minimum absolute atomic E-state index is 0.00443. The summed E-state index contributed by atoms with van der Waals surface area (Å²) in [7, 11) is 0. The molecule has 2 fully saturated rings. The molecule has 0 spiro atoms. The number of nitriles is 1. The molecule has 0 radical (unpaired) electrons. The van der Waals surface area contributed by atoms with E-state index in [0.717, 1.165) is 68.9 Å². The Morgan fingerprint density at radius 1 is 0.928 bits per heavy atom. The molecule has 2 aliphatic heterocycles. The summed E-state index contributed by atoms with van der Waals surface area (Å²) in [6.07, 6.45) is 23.0. The van der Waals surface area contributed by atoms with E-state index in [9.17, 15) is 20.3 Å². The van der Waals surface area contributed by atoms with Crippen LogP contribution in [0.25, 0.3) is 0 Å². The molecule has 1 unspecified atom stereocenters. The largest absolute Gasteiger partial charge is 0.459 e. The van der Waals surface area contributed by atoms with Gasteiger partial charge in [0.1, 0.15) is 17.5 Å². The highest BCUT2D eigenvalue weighted by molar-refractivity contribution is 6.03. The van der Waals surface area contributed by atoms with Gasteiger partial charge in [-0.05, 0) is 111 Å². The molecule has 0 bridgehead atoms. The maximum absolute atomic E-state index is 15.0. The van der Waals surface area contributed by atoms with Crippen molar-refractivity contribution in [1.29, 1.82) is 5.26 Å². The number of carbonyl (C=O) groups excluding carboxylic acids is 2. The predicted octanol–water partition coefficient (Wildman–Crippen LogP) is 11.3. The highest BCUT2D eigenvalue weighted by Crippen LogP contribution is 2.62. The van der Waals surface area contributed by atoms with E-state index >= 15 is 4.79 Å². The van der Waals surface area contributed by atoms with Crippen LogP contribution in [-0.4, -0.2) is 90.5 Å². The Morgan fingerprint density at radius 3 is 2.32 bits per heavy atom. The highest BCUT2D eigenvalue weighted by atomic mass is 16.8. The van der Waals surface area contributed by atoms with E-state index in [2.05, 4.69) is 31.0 Å². The standard InChI is InChI=1S/C56H80N4O9/c1-4-7-8-9-10-11-12-13-14-18-31-58-55(64)67-44-29-30-49-47(38-44)52-45(23-16-20-34-62)43(22-15-19-33-61)37-46-48(59-69-51-24-17-21-36-65-51)39-50(56(68-49,53(46)52)66-35-6-3)60(32-5-2)54(63)42-27-25-41(40-57)26-28-42/h6,25-30,37-38,43,45,50-53,61-62H,3-5,7-24,31-36,39H2,1-2H3,(H,58,64)/t43-,45+,50-,51?,52+,53+,56+/m0/s1. The minimum atomic E-state index is -1.45. The average molecular weight is 953 g/mol. The van der Waals surface area contributed by atoms with Crippen LogP contribution in [0.2, 0.25) is 0 Å². The van der Waals surface area contributed by atoms with Gasteiger partial charge in [0, 0.05) is 56.2 Å². The zero-order valence-corrected chi connectivity index (χ0v) is 41.6. The van der Waals surface area contributed by atoms with Crippen molar-refractivity contribution in [2.75, 3.05) is 39.5 Å². The van der Waals surface area contributed by atoms with Crippen LogP contribution in [-0.2, 0) is 14.3 Å². The van der Waals surface area contributed by atoms with Gasteiger partial charge in [-0.2, -0.15) is 5.26 Å². The number of aliphatic hydroxyl groups excluding tert-OH is 2. The molecule has 4 aliphatic rings. The van der Waals surface area contributed by atoms with Crippen molar-refractivity contribution < 1.29 is 43.6 Å². The van der Waals surface area contributed by atoms with Gasteiger partial charge in [-0.1, -0.05) is 102 Å². The second-order valence-electron chi connectivity index (χ2n) is 19.4. The zero-order chi connectivity index (χ0) is 48.9. The van der Waals surface area contributed by atoms with Gasteiger partial charge in [-0.25, -0.2) is 4.79 Å². The molecular weight excluding hydrogens is 873 g/mol. The van der Waals surface area contributed by atoms with Crippen LogP contribution in [0, 0.1) is 29.1 Å². The van der Waals surface area contributed by atoms with Crippen LogP contribution in [0.3, 0.4) is 0 Å². The lowest BCUT2D eigenvalue weighted by molar-refractivity contribution is -0.254. The summed E-state index contributed by atoms with van der Waals surface area (Å²) in [5, 5.41) is 37.5. The van der Waals surface area contributed by atoms with Gasteiger partial charge in [0.25, 0.3) is 5.91 Å². The third-order valence-electron chi connectivity index (χ3n) is 14.4. The number of benzene rings is 2. The van der Waals surface area contributed by atoms with Crippen LogP contribution in [0.4, 0.5) is 4.79 Å². The molecule has 3 N–H and O–H groups in total. The van der Waals surface area contributed by atoms with E-state index in [0.29, 0.717) is 73.7 Å². The molecule has 2 heterocycles. The van der Waals surface area contributed by atoms with Crippen molar-refractivity contribution in [3.05, 3.63) is 83.5 Å². The highest BCUT2D eigenvalue weighted by Gasteiger charge is 2.65. The zero-order valence-electron chi connectivity index (χ0n) is 41.6. The molecule has 2 aromatic rings. The number of allylic oxidation sites excluding steroid dienone is 1. The number of unbranched alkanes of at least 4 members (excludes halogenated alkanes) is 11. The molecular formula is C56H80N4O9. The van der Waals surface area contributed by atoms with E-state index in [1.165, 1.54) is 44.9 Å². The van der Waals surface area contributed by atoms with Crippen molar-refractivity contribution in [3.8, 4) is 17.6 Å². The molecule has 378 valence electrons. The number of fused-ring (bicyclic) bond motifs is 2. The SMILES string of the molecule is C=CCO[C@@]12Oc3ccc(OC(=O)NCCCCCCCCCCCC)cc3[C@H]3[C@H](CCCCO)[C@@H](CCCCO)C=C(C(=NOC4CCCCO4)C[C@@H]1N(CCC)C(=O)c1ccc(C#N)cc1)[C@H]32. The number of ether oxygens (including phenoxy) is 4. The van der Waals surface area contributed by atoms with Gasteiger partial charge in [-0.3, -0.25) is 4.79 Å². The first-order valence-corrected chi connectivity index (χ1v) is 26.4. The molecule has 13 nitrogen and oxygen atoms in total. The first-order chi connectivity index (χ1) is 33.8. The Morgan fingerprint density at radius 2 is 1.65 bits per heavy atom. The Hall–Kier alpha value is -4.74. The summed E-state index contributed by atoms with van der Waals surface area (Å²) in [4.78, 5) is 36.5. The van der Waals surface area contributed by atoms with Gasteiger partial charge in [0.05, 0.1) is 36.5 Å². The van der Waals surface area contributed by atoms with Crippen LogP contribution in [0.1, 0.15) is 176 Å². The fraction of sp³-hybridized carbons (Fsp3) is 0.643. The number of aliphatic hydroxyl groups is 2. The topological polar surface area (TPSA) is 172 Å². The van der Waals surface area contributed by atoms with E-state index in [1.807, 2.05) is 24.0 Å². The molecule has 13 heteroatoms. The molecule has 69 heavy (non-hydrogen) atoms. The van der Waals surface area contributed by atoms with Crippen molar-refractivity contribution in [2.45, 2.75) is 173 Å². The van der Waals surface area contributed by atoms with Gasteiger partial charge < -0.3 is 44.2 Å². The van der Waals surface area contributed by atoms with Gasteiger partial charge in [0.15, 0.2) is 0 Å². The summed E-state index contributed by atoms with van der Waals surface area (Å²) < 4.78 is 26.5. The first kappa shape index (κ1) is 53.6. The summed E-state index contributed by atoms with van der Waals surface area (Å²) in [5.41, 5.74) is 3.35. The number of carbonyl (C=O) groups is 2. The second-order valence-corrected chi connectivity index (χ2v) is 19.4. The third-order valence-corrected chi connectivity index (χ3v) is 14.4. The van der Waals surface area contributed by atoms with Crippen LogP contribution < -0.4 is 14.8 Å². The summed E-state index contributed by atoms with van der Waals surface area (Å²) >= 11 is 0. The molecule has 2 aromatic carbocycles. The van der Waals surface area contributed by atoms with Crippen molar-refractivity contribution >= 4 is 17.7 Å². The number of rotatable bonds is 29. The smallest absolute Gasteiger partial charge is 0.412 e. The van der Waals surface area contributed by atoms with E-state index in [1.54, 1.807) is 36.4 Å².